The number of rotatable bonds is 7. The van der Waals surface area contributed by atoms with Gasteiger partial charge in [0.15, 0.2) is 0 Å². The van der Waals surface area contributed by atoms with Gasteiger partial charge < -0.3 is 9.64 Å². The molecule has 5 nitrogen and oxygen atoms in total. The highest BCUT2D eigenvalue weighted by molar-refractivity contribution is 7.89. The van der Waals surface area contributed by atoms with E-state index in [-0.39, 0.29) is 4.90 Å². The quantitative estimate of drug-likeness (QED) is 0.780. The molecule has 0 radical (unpaired) electrons. The first kappa shape index (κ1) is 17.2. The summed E-state index contributed by atoms with van der Waals surface area (Å²) in [5, 5.41) is 0. The zero-order valence-electron chi connectivity index (χ0n) is 13.4. The summed E-state index contributed by atoms with van der Waals surface area (Å²) in [6.45, 7) is 5.97. The first-order chi connectivity index (χ1) is 10.5. The third-order valence-electron chi connectivity index (χ3n) is 4.05. The molecule has 22 heavy (non-hydrogen) atoms. The van der Waals surface area contributed by atoms with Crippen molar-refractivity contribution in [3.05, 3.63) is 24.3 Å². The van der Waals surface area contributed by atoms with Crippen LogP contribution < -0.4 is 9.46 Å². The number of sulfonamides is 1. The van der Waals surface area contributed by atoms with E-state index < -0.39 is 10.0 Å². The molecule has 0 aromatic heterocycles. The number of piperidine rings is 1. The molecule has 1 aliphatic heterocycles. The van der Waals surface area contributed by atoms with Crippen LogP contribution in [0, 0.1) is 5.92 Å². The van der Waals surface area contributed by atoms with Gasteiger partial charge in [0.05, 0.1) is 12.0 Å². The fourth-order valence-corrected chi connectivity index (χ4v) is 3.91. The van der Waals surface area contributed by atoms with Crippen LogP contribution in [0.2, 0.25) is 0 Å². The lowest BCUT2D eigenvalue weighted by Crippen LogP contribution is -2.36. The van der Waals surface area contributed by atoms with Crippen molar-refractivity contribution >= 4 is 10.0 Å². The Morgan fingerprint density at radius 3 is 2.68 bits per heavy atom. The van der Waals surface area contributed by atoms with Gasteiger partial charge in [-0.3, -0.25) is 0 Å². The predicted molar refractivity (Wildman–Crippen MR) is 87.6 cm³/mol. The van der Waals surface area contributed by atoms with Gasteiger partial charge in [-0.05, 0) is 62.5 Å². The average Bonchev–Trinajstić information content (AvgIpc) is 2.52. The van der Waals surface area contributed by atoms with E-state index in [1.807, 2.05) is 0 Å². The number of likely N-dealkylation sites (tertiary alicyclic amines) is 1. The lowest BCUT2D eigenvalue weighted by atomic mass is 10.0. The molecule has 124 valence electrons. The second-order valence-corrected chi connectivity index (χ2v) is 7.74. The minimum Gasteiger partial charge on any atom is -0.497 e. The Kier molecular flexibility index (Phi) is 6.23. The monoisotopic (exact) mass is 326 g/mol. The van der Waals surface area contributed by atoms with E-state index in [9.17, 15) is 8.42 Å². The molecule has 1 aromatic carbocycles. The van der Waals surface area contributed by atoms with Crippen molar-refractivity contribution in [1.82, 2.24) is 9.62 Å². The molecule has 1 atom stereocenters. The van der Waals surface area contributed by atoms with Crippen molar-refractivity contribution in [2.45, 2.75) is 31.1 Å². The van der Waals surface area contributed by atoms with Gasteiger partial charge in [0.1, 0.15) is 5.75 Å². The Morgan fingerprint density at radius 2 is 2.05 bits per heavy atom. The van der Waals surface area contributed by atoms with Crippen molar-refractivity contribution in [3.63, 3.8) is 0 Å². The Labute approximate surface area is 133 Å². The Bertz CT molecular complexity index is 557. The minimum absolute atomic E-state index is 0.278. The molecule has 2 rings (SSSR count). The zero-order valence-corrected chi connectivity index (χ0v) is 14.2. The fourth-order valence-electron chi connectivity index (χ4n) is 2.84. The maximum Gasteiger partial charge on any atom is 0.240 e. The molecule has 1 heterocycles. The maximum absolute atomic E-state index is 12.2. The second kappa shape index (κ2) is 7.94. The van der Waals surface area contributed by atoms with Crippen molar-refractivity contribution in [3.8, 4) is 5.75 Å². The van der Waals surface area contributed by atoms with Crippen molar-refractivity contribution < 1.29 is 13.2 Å². The van der Waals surface area contributed by atoms with E-state index in [2.05, 4.69) is 16.5 Å². The molecule has 0 amide bonds. The molecule has 0 aliphatic carbocycles. The summed E-state index contributed by atoms with van der Waals surface area (Å²) in [4.78, 5) is 2.70. The minimum atomic E-state index is -3.42. The van der Waals surface area contributed by atoms with Gasteiger partial charge in [-0.2, -0.15) is 0 Å². The third-order valence-corrected chi connectivity index (χ3v) is 5.53. The Balaban J connectivity index is 1.77. The van der Waals surface area contributed by atoms with E-state index in [0.29, 0.717) is 12.3 Å². The summed E-state index contributed by atoms with van der Waals surface area (Å²) in [7, 11) is -1.86. The van der Waals surface area contributed by atoms with Crippen molar-refractivity contribution in [2.75, 3.05) is 33.3 Å². The smallest absolute Gasteiger partial charge is 0.240 e. The molecule has 0 saturated carbocycles. The molecule has 1 aliphatic rings. The van der Waals surface area contributed by atoms with Crippen molar-refractivity contribution in [2.24, 2.45) is 5.92 Å². The van der Waals surface area contributed by atoms with Crippen LogP contribution in [0.3, 0.4) is 0 Å². The molecule has 1 fully saturated rings. The molecule has 0 unspecified atom stereocenters. The SMILES string of the molecule is COc1ccc(S(=O)(=O)NCCCN2CCC[C@H](C)C2)cc1. The first-order valence-electron chi connectivity index (χ1n) is 7.87. The van der Waals surface area contributed by atoms with Gasteiger partial charge >= 0.3 is 0 Å². The van der Waals surface area contributed by atoms with E-state index in [0.717, 1.165) is 32.0 Å². The van der Waals surface area contributed by atoms with Gasteiger partial charge in [0.2, 0.25) is 10.0 Å². The van der Waals surface area contributed by atoms with Crippen LogP contribution in [0.15, 0.2) is 29.2 Å². The fraction of sp³-hybridized carbons (Fsp3) is 0.625. The van der Waals surface area contributed by atoms with Crippen LogP contribution in [0.5, 0.6) is 5.75 Å². The summed E-state index contributed by atoms with van der Waals surface area (Å²) in [6, 6.07) is 6.44. The molecular formula is C16H26N2O3S. The summed E-state index contributed by atoms with van der Waals surface area (Å²) in [5.41, 5.74) is 0. The number of hydrogen-bond donors (Lipinski definition) is 1. The van der Waals surface area contributed by atoms with Crippen LogP contribution in [-0.2, 0) is 10.0 Å². The molecule has 6 heteroatoms. The summed E-state index contributed by atoms with van der Waals surface area (Å²) in [5.74, 6) is 1.41. The number of nitrogens with one attached hydrogen (secondary N) is 1. The van der Waals surface area contributed by atoms with Crippen LogP contribution >= 0.6 is 0 Å². The number of nitrogens with zero attached hydrogens (tertiary/aromatic N) is 1. The molecular weight excluding hydrogens is 300 g/mol. The van der Waals surface area contributed by atoms with Crippen LogP contribution in [-0.4, -0.2) is 46.6 Å². The van der Waals surface area contributed by atoms with Gasteiger partial charge in [0.25, 0.3) is 0 Å². The molecule has 1 saturated heterocycles. The van der Waals surface area contributed by atoms with Gasteiger partial charge in [-0.15, -0.1) is 0 Å². The van der Waals surface area contributed by atoms with Crippen LogP contribution in [0.4, 0.5) is 0 Å². The highest BCUT2D eigenvalue weighted by atomic mass is 32.2. The van der Waals surface area contributed by atoms with Gasteiger partial charge in [-0.25, -0.2) is 13.1 Å². The highest BCUT2D eigenvalue weighted by Crippen LogP contribution is 2.16. The normalized spacial score (nSPS) is 20.0. The number of hydrogen-bond acceptors (Lipinski definition) is 4. The summed E-state index contributed by atoms with van der Waals surface area (Å²) in [6.07, 6.45) is 3.39. The average molecular weight is 326 g/mol. The topological polar surface area (TPSA) is 58.6 Å². The predicted octanol–water partition coefficient (Wildman–Crippen LogP) is 2.10. The lowest BCUT2D eigenvalue weighted by molar-refractivity contribution is 0.182. The standard InChI is InChI=1S/C16H26N2O3S/c1-14-5-3-11-18(13-14)12-4-10-17-22(19,20)16-8-6-15(21-2)7-9-16/h6-9,14,17H,3-5,10-13H2,1-2H3/t14-/m0/s1. The van der Waals surface area contributed by atoms with Crippen LogP contribution in [0.25, 0.3) is 0 Å². The first-order valence-corrected chi connectivity index (χ1v) is 9.35. The largest absolute Gasteiger partial charge is 0.497 e. The molecule has 1 N–H and O–H groups in total. The second-order valence-electron chi connectivity index (χ2n) is 5.97. The maximum atomic E-state index is 12.2. The van der Waals surface area contributed by atoms with Gasteiger partial charge in [-0.1, -0.05) is 6.92 Å². The lowest BCUT2D eigenvalue weighted by Gasteiger charge is -2.30. The third kappa shape index (κ3) is 4.97. The molecule has 0 spiro atoms. The van der Waals surface area contributed by atoms with Crippen molar-refractivity contribution in [1.29, 1.82) is 0 Å². The Morgan fingerprint density at radius 1 is 1.32 bits per heavy atom. The summed E-state index contributed by atoms with van der Waals surface area (Å²) >= 11 is 0. The van der Waals surface area contributed by atoms with E-state index >= 15 is 0 Å². The Hall–Kier alpha value is -1.11. The van der Waals surface area contributed by atoms with E-state index in [1.165, 1.54) is 12.8 Å². The number of methoxy groups -OCH3 is 1. The highest BCUT2D eigenvalue weighted by Gasteiger charge is 2.16. The molecule has 1 aromatic rings. The van der Waals surface area contributed by atoms with Crippen LogP contribution in [0.1, 0.15) is 26.2 Å². The van der Waals surface area contributed by atoms with E-state index in [4.69, 9.17) is 4.74 Å². The number of ether oxygens (including phenoxy) is 1. The van der Waals surface area contributed by atoms with Gasteiger partial charge in [0, 0.05) is 13.1 Å². The van der Waals surface area contributed by atoms with E-state index in [1.54, 1.807) is 31.4 Å². The summed E-state index contributed by atoms with van der Waals surface area (Å²) < 4.78 is 32.0. The zero-order chi connectivity index (χ0) is 16.0. The molecule has 0 bridgehead atoms. The number of benzene rings is 1.